The third-order valence-electron chi connectivity index (χ3n) is 3.42. The SMILES string of the molecule is Cc1[nH+]c(NCCO)c(C#N)c2c1COC(C)(C)C2. The maximum atomic E-state index is 9.42. The molecule has 0 bridgehead atoms. The van der Waals surface area contributed by atoms with Crippen molar-refractivity contribution in [2.45, 2.75) is 39.4 Å². The fourth-order valence-electron chi connectivity index (χ4n) is 2.43. The number of hydrogen-bond donors (Lipinski definition) is 2. The summed E-state index contributed by atoms with van der Waals surface area (Å²) in [6, 6.07) is 2.27. The third kappa shape index (κ3) is 2.70. The van der Waals surface area contributed by atoms with Crippen LogP contribution in [0.2, 0.25) is 0 Å². The van der Waals surface area contributed by atoms with Crippen LogP contribution in [0.25, 0.3) is 0 Å². The van der Waals surface area contributed by atoms with Crippen LogP contribution in [-0.2, 0) is 17.8 Å². The molecule has 0 radical (unpaired) electrons. The number of rotatable bonds is 3. The van der Waals surface area contributed by atoms with Crippen LogP contribution in [-0.4, -0.2) is 23.9 Å². The van der Waals surface area contributed by atoms with Crippen LogP contribution < -0.4 is 10.3 Å². The van der Waals surface area contributed by atoms with Gasteiger partial charge in [0.25, 0.3) is 5.82 Å². The summed E-state index contributed by atoms with van der Waals surface area (Å²) < 4.78 is 5.80. The van der Waals surface area contributed by atoms with Gasteiger partial charge in [0, 0.05) is 12.0 Å². The second kappa shape index (κ2) is 5.16. The summed E-state index contributed by atoms with van der Waals surface area (Å²) in [5.74, 6) is 0.686. The van der Waals surface area contributed by atoms with Crippen molar-refractivity contribution in [3.63, 3.8) is 0 Å². The van der Waals surface area contributed by atoms with E-state index in [9.17, 15) is 5.26 Å². The zero-order valence-electron chi connectivity index (χ0n) is 11.6. The first-order valence-corrected chi connectivity index (χ1v) is 6.45. The van der Waals surface area contributed by atoms with Crippen LogP contribution in [0.5, 0.6) is 0 Å². The van der Waals surface area contributed by atoms with Crippen molar-refractivity contribution < 1.29 is 14.8 Å². The van der Waals surface area contributed by atoms with Crippen LogP contribution in [0, 0.1) is 18.3 Å². The number of fused-ring (bicyclic) bond motifs is 1. The third-order valence-corrected chi connectivity index (χ3v) is 3.42. The number of aliphatic hydroxyl groups excluding tert-OH is 1. The van der Waals surface area contributed by atoms with Gasteiger partial charge < -0.3 is 9.84 Å². The molecule has 0 spiro atoms. The highest BCUT2D eigenvalue weighted by atomic mass is 16.5. The monoisotopic (exact) mass is 262 g/mol. The number of nitrogens with zero attached hydrogens (tertiary/aromatic N) is 1. The largest absolute Gasteiger partial charge is 0.392 e. The molecule has 0 fully saturated rings. The number of hydrogen-bond acceptors (Lipinski definition) is 4. The highest BCUT2D eigenvalue weighted by Crippen LogP contribution is 2.32. The first kappa shape index (κ1) is 13.8. The summed E-state index contributed by atoms with van der Waals surface area (Å²) in [6.07, 6.45) is 0.717. The summed E-state index contributed by atoms with van der Waals surface area (Å²) >= 11 is 0. The molecular weight excluding hydrogens is 242 g/mol. The fourth-order valence-corrected chi connectivity index (χ4v) is 2.43. The number of aryl methyl sites for hydroxylation is 1. The van der Waals surface area contributed by atoms with Gasteiger partial charge in [0.2, 0.25) is 0 Å². The Hall–Kier alpha value is -1.64. The molecule has 0 unspecified atom stereocenters. The molecule has 1 aliphatic rings. The fraction of sp³-hybridized carbons (Fsp3) is 0.571. The van der Waals surface area contributed by atoms with E-state index in [4.69, 9.17) is 9.84 Å². The second-order valence-electron chi connectivity index (χ2n) is 5.44. The van der Waals surface area contributed by atoms with E-state index in [0.29, 0.717) is 31.0 Å². The van der Waals surface area contributed by atoms with Gasteiger partial charge in [0.15, 0.2) is 0 Å². The standard InChI is InChI=1S/C14H19N3O2/c1-9-12-8-19-14(2,3)6-10(12)11(7-15)13(17-9)16-4-5-18/h18H,4-6,8H2,1-3H3,(H,16,17)/p+1. The molecule has 102 valence electrons. The number of anilines is 1. The number of ether oxygens (including phenoxy) is 1. The molecule has 19 heavy (non-hydrogen) atoms. The molecular formula is C14H20N3O2+. The number of aromatic amines is 1. The quantitative estimate of drug-likeness (QED) is 0.849. The lowest BCUT2D eigenvalue weighted by atomic mass is 9.88. The summed E-state index contributed by atoms with van der Waals surface area (Å²) in [6.45, 7) is 7.02. The van der Waals surface area contributed by atoms with E-state index in [0.717, 1.165) is 16.8 Å². The normalized spacial score (nSPS) is 16.6. The van der Waals surface area contributed by atoms with Gasteiger partial charge in [0.1, 0.15) is 23.9 Å². The van der Waals surface area contributed by atoms with Crippen LogP contribution in [0.15, 0.2) is 0 Å². The lowest BCUT2D eigenvalue weighted by Crippen LogP contribution is -2.35. The minimum absolute atomic E-state index is 0.0312. The van der Waals surface area contributed by atoms with Crippen molar-refractivity contribution in [3.8, 4) is 6.07 Å². The van der Waals surface area contributed by atoms with E-state index in [-0.39, 0.29) is 12.2 Å². The molecule has 0 aliphatic carbocycles. The number of pyridine rings is 1. The van der Waals surface area contributed by atoms with Gasteiger partial charge in [0.05, 0.1) is 18.8 Å². The van der Waals surface area contributed by atoms with E-state index in [1.165, 1.54) is 0 Å². The summed E-state index contributed by atoms with van der Waals surface area (Å²) in [7, 11) is 0. The first-order valence-electron chi connectivity index (χ1n) is 6.45. The summed E-state index contributed by atoms with van der Waals surface area (Å²) in [5, 5.41) is 21.4. The molecule has 5 nitrogen and oxygen atoms in total. The van der Waals surface area contributed by atoms with E-state index in [1.807, 2.05) is 20.8 Å². The molecule has 1 aliphatic heterocycles. The van der Waals surface area contributed by atoms with Gasteiger partial charge in [-0.2, -0.15) is 5.26 Å². The Bertz CT molecular complexity index is 532. The number of aromatic nitrogens is 1. The van der Waals surface area contributed by atoms with Crippen molar-refractivity contribution in [2.24, 2.45) is 0 Å². The van der Waals surface area contributed by atoms with Gasteiger partial charge in [-0.3, -0.25) is 5.32 Å². The van der Waals surface area contributed by atoms with Crippen LogP contribution in [0.1, 0.15) is 36.2 Å². The number of H-pyrrole nitrogens is 1. The van der Waals surface area contributed by atoms with Gasteiger partial charge in [-0.05, 0) is 26.3 Å². The highest BCUT2D eigenvalue weighted by Gasteiger charge is 2.32. The lowest BCUT2D eigenvalue weighted by Gasteiger charge is -2.32. The molecule has 0 saturated carbocycles. The predicted molar refractivity (Wildman–Crippen MR) is 70.6 cm³/mol. The Balaban J connectivity index is 2.51. The lowest BCUT2D eigenvalue weighted by molar-refractivity contribution is -0.373. The summed E-state index contributed by atoms with van der Waals surface area (Å²) in [5.41, 5.74) is 3.51. The Labute approximate surface area is 113 Å². The van der Waals surface area contributed by atoms with E-state index < -0.39 is 0 Å². The molecule has 2 rings (SSSR count). The average Bonchev–Trinajstić information content (AvgIpc) is 2.35. The molecule has 2 heterocycles. The molecule has 1 aromatic heterocycles. The predicted octanol–water partition coefficient (Wildman–Crippen LogP) is 0.936. The van der Waals surface area contributed by atoms with Crippen molar-refractivity contribution in [3.05, 3.63) is 22.4 Å². The maximum absolute atomic E-state index is 9.42. The minimum Gasteiger partial charge on any atom is -0.392 e. The molecule has 0 saturated heterocycles. The Morgan fingerprint density at radius 2 is 2.21 bits per heavy atom. The topological polar surface area (TPSA) is 79.4 Å². The summed E-state index contributed by atoms with van der Waals surface area (Å²) in [4.78, 5) is 3.19. The van der Waals surface area contributed by atoms with Crippen molar-refractivity contribution in [1.29, 1.82) is 5.26 Å². The average molecular weight is 262 g/mol. The molecule has 0 atom stereocenters. The van der Waals surface area contributed by atoms with Crippen molar-refractivity contribution in [2.75, 3.05) is 18.5 Å². The van der Waals surface area contributed by atoms with E-state index in [1.54, 1.807) is 0 Å². The first-order chi connectivity index (χ1) is 8.98. The van der Waals surface area contributed by atoms with Crippen LogP contribution >= 0.6 is 0 Å². The Kier molecular flexibility index (Phi) is 3.74. The number of nitriles is 1. The van der Waals surface area contributed by atoms with E-state index >= 15 is 0 Å². The van der Waals surface area contributed by atoms with Gasteiger partial charge in [-0.25, -0.2) is 4.98 Å². The zero-order chi connectivity index (χ0) is 14.0. The Morgan fingerprint density at radius 3 is 2.84 bits per heavy atom. The van der Waals surface area contributed by atoms with Gasteiger partial charge >= 0.3 is 0 Å². The van der Waals surface area contributed by atoms with E-state index in [2.05, 4.69) is 16.4 Å². The molecule has 0 aromatic carbocycles. The maximum Gasteiger partial charge on any atom is 0.290 e. The van der Waals surface area contributed by atoms with Crippen molar-refractivity contribution in [1.82, 2.24) is 0 Å². The smallest absolute Gasteiger partial charge is 0.290 e. The van der Waals surface area contributed by atoms with Gasteiger partial charge in [-0.1, -0.05) is 0 Å². The van der Waals surface area contributed by atoms with Gasteiger partial charge in [-0.15, -0.1) is 0 Å². The van der Waals surface area contributed by atoms with Crippen LogP contribution in [0.4, 0.5) is 5.82 Å². The highest BCUT2D eigenvalue weighted by molar-refractivity contribution is 5.56. The molecule has 0 amide bonds. The minimum atomic E-state index is -0.249. The number of nitrogens with one attached hydrogen (secondary N) is 2. The molecule has 5 heteroatoms. The number of aliphatic hydroxyl groups is 1. The second-order valence-corrected chi connectivity index (χ2v) is 5.44. The zero-order valence-corrected chi connectivity index (χ0v) is 11.6. The molecule has 3 N–H and O–H groups in total. The Morgan fingerprint density at radius 1 is 1.47 bits per heavy atom. The van der Waals surface area contributed by atoms with Crippen molar-refractivity contribution >= 4 is 5.82 Å². The van der Waals surface area contributed by atoms with Crippen LogP contribution in [0.3, 0.4) is 0 Å². The molecule has 1 aromatic rings.